The SMILES string of the molecule is Cc1ccc(NS(=O)(=O)c2ccc(OCC(=O)Nc3cccc([N+](=O)[O-])c3C)c(C)c2)cc1. The molecule has 0 heterocycles. The molecular formula is C23H23N3O6S. The van der Waals surface area contributed by atoms with Gasteiger partial charge in [-0.25, -0.2) is 8.42 Å². The van der Waals surface area contributed by atoms with Crippen molar-refractivity contribution in [2.45, 2.75) is 25.7 Å². The number of aryl methyl sites for hydroxylation is 2. The van der Waals surface area contributed by atoms with Gasteiger partial charge in [-0.3, -0.25) is 19.6 Å². The van der Waals surface area contributed by atoms with Gasteiger partial charge in [0.15, 0.2) is 6.61 Å². The lowest BCUT2D eigenvalue weighted by Crippen LogP contribution is -2.21. The number of amides is 1. The summed E-state index contributed by atoms with van der Waals surface area (Å²) in [6.45, 7) is 4.77. The molecule has 0 atom stereocenters. The average molecular weight is 470 g/mol. The Bertz CT molecular complexity index is 1300. The number of hydrogen-bond acceptors (Lipinski definition) is 6. The van der Waals surface area contributed by atoms with Gasteiger partial charge in [0.1, 0.15) is 5.75 Å². The third-order valence-electron chi connectivity index (χ3n) is 4.90. The van der Waals surface area contributed by atoms with Gasteiger partial charge in [-0.1, -0.05) is 23.8 Å². The molecule has 0 aliphatic carbocycles. The van der Waals surface area contributed by atoms with Crippen LogP contribution in [0.3, 0.4) is 0 Å². The number of ether oxygens (including phenoxy) is 1. The van der Waals surface area contributed by atoms with Crippen molar-refractivity contribution in [3.63, 3.8) is 0 Å². The molecule has 0 aliphatic heterocycles. The topological polar surface area (TPSA) is 128 Å². The highest BCUT2D eigenvalue weighted by atomic mass is 32.2. The molecule has 9 nitrogen and oxygen atoms in total. The smallest absolute Gasteiger partial charge is 0.274 e. The third kappa shape index (κ3) is 5.86. The van der Waals surface area contributed by atoms with Gasteiger partial charge in [0.05, 0.1) is 21.1 Å². The number of carbonyl (C=O) groups is 1. The molecule has 0 aromatic heterocycles. The number of nitro benzene ring substituents is 1. The van der Waals surface area contributed by atoms with Crippen LogP contribution in [-0.2, 0) is 14.8 Å². The zero-order chi connectivity index (χ0) is 24.2. The van der Waals surface area contributed by atoms with Crippen LogP contribution in [0.2, 0.25) is 0 Å². The number of hydrogen-bond donors (Lipinski definition) is 2. The van der Waals surface area contributed by atoms with E-state index >= 15 is 0 Å². The number of sulfonamides is 1. The minimum atomic E-state index is -3.79. The van der Waals surface area contributed by atoms with Crippen LogP contribution in [0, 0.1) is 30.9 Å². The van der Waals surface area contributed by atoms with Crippen molar-refractivity contribution in [3.05, 3.63) is 87.5 Å². The Labute approximate surface area is 191 Å². The lowest BCUT2D eigenvalue weighted by Gasteiger charge is -2.13. The van der Waals surface area contributed by atoms with Crippen LogP contribution in [0.4, 0.5) is 17.1 Å². The monoisotopic (exact) mass is 469 g/mol. The van der Waals surface area contributed by atoms with E-state index in [-0.39, 0.29) is 17.2 Å². The molecule has 0 saturated carbocycles. The lowest BCUT2D eigenvalue weighted by molar-refractivity contribution is -0.385. The van der Waals surface area contributed by atoms with E-state index < -0.39 is 20.9 Å². The van der Waals surface area contributed by atoms with Crippen LogP contribution >= 0.6 is 0 Å². The summed E-state index contributed by atoms with van der Waals surface area (Å²) >= 11 is 0. The zero-order valence-electron chi connectivity index (χ0n) is 18.3. The molecule has 1 amide bonds. The van der Waals surface area contributed by atoms with E-state index in [4.69, 9.17) is 4.74 Å². The minimum Gasteiger partial charge on any atom is -0.483 e. The lowest BCUT2D eigenvalue weighted by atomic mass is 10.1. The van der Waals surface area contributed by atoms with Crippen LogP contribution in [0.25, 0.3) is 0 Å². The van der Waals surface area contributed by atoms with Crippen LogP contribution in [-0.4, -0.2) is 25.9 Å². The second-order valence-electron chi connectivity index (χ2n) is 7.44. The molecule has 0 spiro atoms. The predicted octanol–water partition coefficient (Wildman–Crippen LogP) is 4.34. The minimum absolute atomic E-state index is 0.0598. The highest BCUT2D eigenvalue weighted by Gasteiger charge is 2.17. The van der Waals surface area contributed by atoms with E-state index in [1.807, 2.05) is 6.92 Å². The molecule has 3 aromatic carbocycles. The van der Waals surface area contributed by atoms with E-state index in [0.29, 0.717) is 28.3 Å². The molecule has 172 valence electrons. The normalized spacial score (nSPS) is 11.0. The maximum absolute atomic E-state index is 12.7. The van der Waals surface area contributed by atoms with Crippen LogP contribution < -0.4 is 14.8 Å². The van der Waals surface area contributed by atoms with Crippen molar-refractivity contribution < 1.29 is 22.9 Å². The zero-order valence-corrected chi connectivity index (χ0v) is 19.1. The summed E-state index contributed by atoms with van der Waals surface area (Å²) in [4.78, 5) is 22.9. The molecule has 0 unspecified atom stereocenters. The second kappa shape index (κ2) is 9.70. The first-order valence-electron chi connectivity index (χ1n) is 9.93. The highest BCUT2D eigenvalue weighted by Crippen LogP contribution is 2.26. The Morgan fingerprint density at radius 1 is 1.03 bits per heavy atom. The quantitative estimate of drug-likeness (QED) is 0.373. The molecule has 33 heavy (non-hydrogen) atoms. The molecule has 0 saturated heterocycles. The van der Waals surface area contributed by atoms with Crippen molar-refractivity contribution in [3.8, 4) is 5.75 Å². The van der Waals surface area contributed by atoms with Gasteiger partial charge < -0.3 is 10.1 Å². The fraction of sp³-hybridized carbons (Fsp3) is 0.174. The standard InChI is InChI=1S/C23H23N3O6S/c1-15-7-9-18(10-8-15)25-33(30,31)19-11-12-22(16(2)13-19)32-14-23(27)24-20-5-4-6-21(17(20)3)26(28)29/h4-13,25H,14H2,1-3H3,(H,24,27). The Hall–Kier alpha value is -3.92. The molecule has 0 bridgehead atoms. The summed E-state index contributed by atoms with van der Waals surface area (Å²) in [7, 11) is -3.79. The van der Waals surface area contributed by atoms with Gasteiger partial charge in [0.25, 0.3) is 21.6 Å². The van der Waals surface area contributed by atoms with Gasteiger partial charge >= 0.3 is 0 Å². The molecule has 3 aromatic rings. The number of benzene rings is 3. The van der Waals surface area contributed by atoms with E-state index in [2.05, 4.69) is 10.0 Å². The number of anilines is 2. The summed E-state index contributed by atoms with van der Waals surface area (Å²) in [5.74, 6) is -0.161. The van der Waals surface area contributed by atoms with Gasteiger partial charge in [0.2, 0.25) is 0 Å². The number of nitro groups is 1. The molecule has 2 N–H and O–H groups in total. The summed E-state index contributed by atoms with van der Waals surface area (Å²) in [6, 6.07) is 15.7. The first kappa shape index (κ1) is 23.7. The molecule has 0 radical (unpaired) electrons. The first-order valence-corrected chi connectivity index (χ1v) is 11.4. The Morgan fingerprint density at radius 3 is 2.36 bits per heavy atom. The molecule has 0 aliphatic rings. The summed E-state index contributed by atoms with van der Waals surface area (Å²) in [5, 5.41) is 13.6. The van der Waals surface area contributed by atoms with Gasteiger partial charge in [-0.2, -0.15) is 0 Å². The van der Waals surface area contributed by atoms with E-state index in [1.165, 1.54) is 30.3 Å². The third-order valence-corrected chi connectivity index (χ3v) is 6.27. The molecular weight excluding hydrogens is 446 g/mol. The first-order chi connectivity index (χ1) is 15.6. The van der Waals surface area contributed by atoms with Crippen molar-refractivity contribution in [2.24, 2.45) is 0 Å². The van der Waals surface area contributed by atoms with Crippen LogP contribution in [0.15, 0.2) is 65.6 Å². The summed E-state index contributed by atoms with van der Waals surface area (Å²) in [6.07, 6.45) is 0. The maximum atomic E-state index is 12.7. The molecule has 10 heteroatoms. The van der Waals surface area contributed by atoms with Gasteiger partial charge in [-0.05, 0) is 62.7 Å². The fourth-order valence-electron chi connectivity index (χ4n) is 3.07. The average Bonchev–Trinajstić information content (AvgIpc) is 2.75. The second-order valence-corrected chi connectivity index (χ2v) is 9.12. The van der Waals surface area contributed by atoms with E-state index in [0.717, 1.165) is 5.56 Å². The Balaban J connectivity index is 1.66. The summed E-state index contributed by atoms with van der Waals surface area (Å²) < 4.78 is 33.4. The van der Waals surface area contributed by atoms with Gasteiger partial charge in [-0.15, -0.1) is 0 Å². The predicted molar refractivity (Wildman–Crippen MR) is 125 cm³/mol. The Kier molecular flexibility index (Phi) is 6.98. The highest BCUT2D eigenvalue weighted by molar-refractivity contribution is 7.92. The van der Waals surface area contributed by atoms with E-state index in [9.17, 15) is 23.3 Å². The summed E-state index contributed by atoms with van der Waals surface area (Å²) in [5.41, 5.74) is 2.55. The van der Waals surface area contributed by atoms with Crippen molar-refractivity contribution >= 4 is 33.0 Å². The van der Waals surface area contributed by atoms with Crippen LogP contribution in [0.1, 0.15) is 16.7 Å². The number of nitrogens with one attached hydrogen (secondary N) is 2. The van der Waals surface area contributed by atoms with Crippen LogP contribution in [0.5, 0.6) is 5.75 Å². The molecule has 0 fully saturated rings. The number of carbonyl (C=O) groups excluding carboxylic acids is 1. The molecule has 3 rings (SSSR count). The maximum Gasteiger partial charge on any atom is 0.274 e. The number of rotatable bonds is 8. The van der Waals surface area contributed by atoms with Crippen molar-refractivity contribution in [2.75, 3.05) is 16.6 Å². The van der Waals surface area contributed by atoms with E-state index in [1.54, 1.807) is 44.2 Å². The van der Waals surface area contributed by atoms with Crippen molar-refractivity contribution in [1.29, 1.82) is 0 Å². The van der Waals surface area contributed by atoms with Gasteiger partial charge in [0, 0.05) is 11.8 Å². The fourth-order valence-corrected chi connectivity index (χ4v) is 4.22. The Morgan fingerprint density at radius 2 is 1.73 bits per heavy atom. The largest absolute Gasteiger partial charge is 0.483 e. The number of nitrogens with zero attached hydrogens (tertiary/aromatic N) is 1. The van der Waals surface area contributed by atoms with Crippen molar-refractivity contribution in [1.82, 2.24) is 0 Å².